The molecule has 3 nitrogen and oxygen atoms in total. The summed E-state index contributed by atoms with van der Waals surface area (Å²) >= 11 is 5.06. The number of rotatable bonds is 2. The van der Waals surface area contributed by atoms with E-state index >= 15 is 0 Å². The molecule has 1 atom stereocenters. The molecule has 0 spiro atoms. The van der Waals surface area contributed by atoms with Gasteiger partial charge in [0.25, 0.3) is 0 Å². The van der Waals surface area contributed by atoms with Crippen LogP contribution in [0, 0.1) is 0 Å². The largest absolute Gasteiger partial charge is 0.421 e. The van der Waals surface area contributed by atoms with Crippen LogP contribution in [0.25, 0.3) is 0 Å². The van der Waals surface area contributed by atoms with Gasteiger partial charge in [-0.05, 0) is 12.8 Å². The Balaban J connectivity index is 2.30. The predicted octanol–water partition coefficient (Wildman–Crippen LogP) is 2.67. The lowest BCUT2D eigenvalue weighted by atomic mass is 9.98. The number of hydrogen-bond acceptors (Lipinski definition) is 2. The maximum atomic E-state index is 10.6. The lowest BCUT2D eigenvalue weighted by Crippen LogP contribution is -2.13. The third-order valence-electron chi connectivity index (χ3n) is 1.83. The van der Waals surface area contributed by atoms with Crippen LogP contribution in [0.1, 0.15) is 32.1 Å². The van der Waals surface area contributed by atoms with E-state index in [2.05, 4.69) is 0 Å². The van der Waals surface area contributed by atoms with Crippen LogP contribution in [-0.2, 0) is 9.09 Å². The SMILES string of the molecule is O=P(O)(Cl)OC1CCCCC1. The first-order valence-corrected chi connectivity index (χ1v) is 6.27. The monoisotopic (exact) mass is 198 g/mol. The Morgan fingerprint density at radius 3 is 2.36 bits per heavy atom. The molecule has 1 aliphatic rings. The zero-order valence-corrected chi connectivity index (χ0v) is 7.85. The van der Waals surface area contributed by atoms with Gasteiger partial charge in [0.15, 0.2) is 0 Å². The summed E-state index contributed by atoms with van der Waals surface area (Å²) in [5, 5.41) is 0. The van der Waals surface area contributed by atoms with Gasteiger partial charge >= 0.3 is 6.95 Å². The fourth-order valence-electron chi connectivity index (χ4n) is 1.35. The minimum atomic E-state index is -3.76. The van der Waals surface area contributed by atoms with Crippen molar-refractivity contribution in [2.45, 2.75) is 38.2 Å². The van der Waals surface area contributed by atoms with E-state index in [-0.39, 0.29) is 6.10 Å². The Morgan fingerprint density at radius 1 is 1.36 bits per heavy atom. The summed E-state index contributed by atoms with van der Waals surface area (Å²) in [6, 6.07) is 0. The standard InChI is InChI=1S/C6H12ClO3P/c7-11(8,9)10-6-4-2-1-3-5-6/h6H,1-5H2,(H,8,9). The molecule has 0 radical (unpaired) electrons. The molecule has 1 unspecified atom stereocenters. The van der Waals surface area contributed by atoms with Gasteiger partial charge < -0.3 is 4.89 Å². The van der Waals surface area contributed by atoms with Gasteiger partial charge in [0.1, 0.15) is 0 Å². The molecule has 5 heteroatoms. The van der Waals surface area contributed by atoms with Gasteiger partial charge in [0.05, 0.1) is 6.10 Å². The highest BCUT2D eigenvalue weighted by Crippen LogP contribution is 2.50. The second-order valence-electron chi connectivity index (χ2n) is 2.82. The third-order valence-corrected chi connectivity index (χ3v) is 2.63. The zero-order valence-electron chi connectivity index (χ0n) is 6.20. The molecule has 1 fully saturated rings. The van der Waals surface area contributed by atoms with Gasteiger partial charge in [-0.25, -0.2) is 4.57 Å². The zero-order chi connectivity index (χ0) is 8.32. The summed E-state index contributed by atoms with van der Waals surface area (Å²) in [5.74, 6) is 0. The highest BCUT2D eigenvalue weighted by Gasteiger charge is 2.23. The molecule has 1 aliphatic carbocycles. The van der Waals surface area contributed by atoms with Gasteiger partial charge in [-0.2, -0.15) is 0 Å². The normalized spacial score (nSPS) is 26.4. The van der Waals surface area contributed by atoms with Crippen LogP contribution >= 0.6 is 18.2 Å². The molecule has 0 bridgehead atoms. The number of halogens is 1. The van der Waals surface area contributed by atoms with Crippen molar-refractivity contribution in [3.05, 3.63) is 0 Å². The molecule has 1 saturated carbocycles. The van der Waals surface area contributed by atoms with Gasteiger partial charge in [-0.15, -0.1) is 0 Å². The third kappa shape index (κ3) is 4.12. The van der Waals surface area contributed by atoms with E-state index in [1.54, 1.807) is 0 Å². The lowest BCUT2D eigenvalue weighted by Gasteiger charge is -2.21. The maximum Gasteiger partial charge on any atom is 0.421 e. The molecule has 0 aliphatic heterocycles. The van der Waals surface area contributed by atoms with E-state index in [0.717, 1.165) is 25.7 Å². The molecule has 11 heavy (non-hydrogen) atoms. The topological polar surface area (TPSA) is 46.5 Å². The first-order valence-electron chi connectivity index (χ1n) is 3.79. The number of hydrogen-bond donors (Lipinski definition) is 1. The summed E-state index contributed by atoms with van der Waals surface area (Å²) in [4.78, 5) is 8.67. The second-order valence-corrected chi connectivity index (χ2v) is 5.21. The van der Waals surface area contributed by atoms with Crippen LogP contribution in [0.4, 0.5) is 0 Å². The fourth-order valence-corrected chi connectivity index (χ4v) is 2.27. The summed E-state index contributed by atoms with van der Waals surface area (Å²) in [5.41, 5.74) is 0. The summed E-state index contributed by atoms with van der Waals surface area (Å²) < 4.78 is 15.3. The predicted molar refractivity (Wildman–Crippen MR) is 43.6 cm³/mol. The van der Waals surface area contributed by atoms with E-state index in [0.29, 0.717) is 0 Å². The molecular weight excluding hydrogens is 186 g/mol. The van der Waals surface area contributed by atoms with Crippen molar-refractivity contribution >= 4 is 18.2 Å². The van der Waals surface area contributed by atoms with Crippen LogP contribution < -0.4 is 0 Å². The molecule has 0 aromatic carbocycles. The van der Waals surface area contributed by atoms with Crippen molar-refractivity contribution in [2.75, 3.05) is 0 Å². The van der Waals surface area contributed by atoms with E-state index in [4.69, 9.17) is 20.7 Å². The van der Waals surface area contributed by atoms with Gasteiger partial charge in [0.2, 0.25) is 0 Å². The summed E-state index contributed by atoms with van der Waals surface area (Å²) in [7, 11) is 0. The van der Waals surface area contributed by atoms with Crippen molar-refractivity contribution in [1.29, 1.82) is 0 Å². The Morgan fingerprint density at radius 2 is 1.91 bits per heavy atom. The summed E-state index contributed by atoms with van der Waals surface area (Å²) in [6.07, 6.45) is 4.95. The van der Waals surface area contributed by atoms with Crippen LogP contribution in [0.3, 0.4) is 0 Å². The van der Waals surface area contributed by atoms with Crippen molar-refractivity contribution in [3.63, 3.8) is 0 Å². The molecule has 1 N–H and O–H groups in total. The van der Waals surface area contributed by atoms with E-state index in [1.807, 2.05) is 0 Å². The van der Waals surface area contributed by atoms with Gasteiger partial charge in [0, 0.05) is 11.2 Å². The van der Waals surface area contributed by atoms with Crippen LogP contribution in [0.5, 0.6) is 0 Å². The highest BCUT2D eigenvalue weighted by molar-refractivity contribution is 7.80. The van der Waals surface area contributed by atoms with Crippen molar-refractivity contribution in [2.24, 2.45) is 0 Å². The Hall–Kier alpha value is 0.440. The summed E-state index contributed by atoms with van der Waals surface area (Å²) in [6.45, 7) is -3.76. The molecule has 0 saturated heterocycles. The Labute approximate surface area is 71.0 Å². The molecular formula is C6H12ClO3P. The fraction of sp³-hybridized carbons (Fsp3) is 1.00. The van der Waals surface area contributed by atoms with E-state index in [1.165, 1.54) is 6.42 Å². The van der Waals surface area contributed by atoms with Crippen molar-refractivity contribution < 1.29 is 14.0 Å². The lowest BCUT2D eigenvalue weighted by molar-refractivity contribution is 0.143. The first-order chi connectivity index (χ1) is 5.08. The Kier molecular flexibility index (Phi) is 3.38. The average Bonchev–Trinajstić information content (AvgIpc) is 1.85. The minimum absolute atomic E-state index is 0.0999. The van der Waals surface area contributed by atoms with E-state index in [9.17, 15) is 4.57 Å². The quantitative estimate of drug-likeness (QED) is 0.694. The van der Waals surface area contributed by atoms with Crippen molar-refractivity contribution in [3.8, 4) is 0 Å². The van der Waals surface area contributed by atoms with Crippen molar-refractivity contribution in [1.82, 2.24) is 0 Å². The highest BCUT2D eigenvalue weighted by atomic mass is 35.7. The smallest absolute Gasteiger partial charge is 0.313 e. The van der Waals surface area contributed by atoms with E-state index < -0.39 is 6.95 Å². The van der Waals surface area contributed by atoms with Crippen LogP contribution in [0.2, 0.25) is 0 Å². The molecule has 66 valence electrons. The molecule has 0 heterocycles. The van der Waals surface area contributed by atoms with Crippen LogP contribution in [-0.4, -0.2) is 11.0 Å². The second kappa shape index (κ2) is 3.90. The molecule has 0 aromatic rings. The average molecular weight is 199 g/mol. The molecule has 1 rings (SSSR count). The molecule has 0 amide bonds. The van der Waals surface area contributed by atoms with Gasteiger partial charge in [-0.3, -0.25) is 4.52 Å². The first kappa shape index (κ1) is 9.53. The van der Waals surface area contributed by atoms with Crippen LogP contribution in [0.15, 0.2) is 0 Å². The minimum Gasteiger partial charge on any atom is -0.313 e. The van der Waals surface area contributed by atoms with Gasteiger partial charge in [-0.1, -0.05) is 19.3 Å². The maximum absolute atomic E-state index is 10.6. The Bertz CT molecular complexity index is 161. The molecule has 0 aromatic heterocycles.